The summed E-state index contributed by atoms with van der Waals surface area (Å²) < 4.78 is 11.9. The molecule has 0 fully saturated rings. The number of nitrogens with zero attached hydrogens (tertiary/aromatic N) is 3. The lowest BCUT2D eigenvalue weighted by Crippen LogP contribution is -2.58. The zero-order chi connectivity index (χ0) is 45.4. The molecule has 10 atom stereocenters. The number of allylic oxidation sites excluding steroid dienone is 2. The van der Waals surface area contributed by atoms with Gasteiger partial charge in [-0.05, 0) is 51.0 Å². The number of nitrogens with one attached hydrogen (secondary N) is 2. The van der Waals surface area contributed by atoms with Gasteiger partial charge in [0.25, 0.3) is 5.91 Å². The van der Waals surface area contributed by atoms with Crippen molar-refractivity contribution in [3.05, 3.63) is 59.7 Å². The van der Waals surface area contributed by atoms with Gasteiger partial charge in [0, 0.05) is 45.0 Å². The first-order valence-corrected chi connectivity index (χ1v) is 21.4. The minimum Gasteiger partial charge on any atom is -0.460 e. The van der Waals surface area contributed by atoms with Gasteiger partial charge in [-0.1, -0.05) is 110 Å². The fourth-order valence-electron chi connectivity index (χ4n) is 7.06. The maximum absolute atomic E-state index is 14.2. The predicted octanol–water partition coefficient (Wildman–Crippen LogP) is 4.86. The summed E-state index contributed by atoms with van der Waals surface area (Å²) in [4.78, 5) is 100. The van der Waals surface area contributed by atoms with Gasteiger partial charge in [-0.2, -0.15) is 0 Å². The number of amides is 5. The Morgan fingerprint density at radius 1 is 0.767 bits per heavy atom. The molecule has 14 nitrogen and oxygen atoms in total. The van der Waals surface area contributed by atoms with Crippen LogP contribution in [0.15, 0.2) is 54.1 Å². The Hall–Kier alpha value is -5.01. The number of hydrogen-bond donors (Lipinski definition) is 2. The summed E-state index contributed by atoms with van der Waals surface area (Å²) in [5, 5.41) is 5.51. The average Bonchev–Trinajstić information content (AvgIpc) is 3.23. The van der Waals surface area contributed by atoms with Crippen molar-refractivity contribution in [2.45, 2.75) is 138 Å². The summed E-state index contributed by atoms with van der Waals surface area (Å²) in [6.45, 7) is 17.5. The molecule has 1 aromatic rings. The molecule has 0 bridgehead atoms. The minimum absolute atomic E-state index is 0.0447. The van der Waals surface area contributed by atoms with Crippen molar-refractivity contribution in [3.63, 3.8) is 0 Å². The smallest absolute Gasteiger partial charge is 0.334 e. The first kappa shape index (κ1) is 51.1. The van der Waals surface area contributed by atoms with Crippen LogP contribution in [0.5, 0.6) is 0 Å². The number of cyclic esters (lactones) is 2. The second-order valence-corrected chi connectivity index (χ2v) is 16.6. The van der Waals surface area contributed by atoms with Gasteiger partial charge in [0.1, 0.15) is 30.3 Å². The molecule has 0 aliphatic carbocycles. The first-order valence-electron chi connectivity index (χ1n) is 21.4. The average molecular weight is 838 g/mol. The van der Waals surface area contributed by atoms with Crippen molar-refractivity contribution < 1.29 is 43.0 Å². The van der Waals surface area contributed by atoms with E-state index in [0.717, 1.165) is 18.4 Å². The zero-order valence-electron chi connectivity index (χ0n) is 38.2. The van der Waals surface area contributed by atoms with E-state index < -0.39 is 90.3 Å². The Kier molecular flexibility index (Phi) is 20.7. The standard InChI is InChI=1S/C46H71N5O9/c1-14-21-30(6)39-31(7)22-20-23-32(8)45(57)60-40(29(5)16-3)41(53)47-33(9)42(54)51(13)36(26-35-24-18-17-19-25-35)43(55)49(11)27-37(52)48-38(28(4)15-2)44(56)50(12)34(10)46(58)59-39/h17-20,22-25,28-31,33-34,36,38-40H,14-16,21,26-27H2,1-13H3,(H,47,53)(H,48,52)/b22-20+,32-23+/t28-,29-,30-,31-,33-,34-,36+,38-,39+,40+/m0/s1. The fourth-order valence-corrected chi connectivity index (χ4v) is 7.06. The maximum atomic E-state index is 14.2. The van der Waals surface area contributed by atoms with E-state index in [1.807, 2.05) is 78.0 Å². The first-order chi connectivity index (χ1) is 28.2. The Bertz CT molecular complexity index is 1700. The van der Waals surface area contributed by atoms with E-state index in [4.69, 9.17) is 9.47 Å². The second kappa shape index (κ2) is 24.3. The summed E-state index contributed by atoms with van der Waals surface area (Å²) >= 11 is 0. The molecule has 0 radical (unpaired) electrons. The van der Waals surface area contributed by atoms with Crippen LogP contribution in [0.2, 0.25) is 0 Å². The summed E-state index contributed by atoms with van der Waals surface area (Å²) in [7, 11) is 4.40. The van der Waals surface area contributed by atoms with Gasteiger partial charge < -0.3 is 34.8 Å². The number of benzene rings is 1. The second-order valence-electron chi connectivity index (χ2n) is 16.6. The van der Waals surface area contributed by atoms with Gasteiger partial charge >= 0.3 is 11.9 Å². The number of rotatable bonds is 9. The van der Waals surface area contributed by atoms with Crippen LogP contribution in [-0.2, 0) is 49.5 Å². The molecule has 60 heavy (non-hydrogen) atoms. The van der Waals surface area contributed by atoms with Crippen LogP contribution in [0.4, 0.5) is 0 Å². The number of ether oxygens (including phenoxy) is 2. The molecule has 5 amide bonds. The molecule has 1 heterocycles. The molecule has 14 heteroatoms. The number of carbonyl (C=O) groups is 7. The summed E-state index contributed by atoms with van der Waals surface area (Å²) in [6.07, 6.45) is 6.05. The maximum Gasteiger partial charge on any atom is 0.334 e. The normalized spacial score (nSPS) is 28.4. The molecule has 334 valence electrons. The van der Waals surface area contributed by atoms with Crippen molar-refractivity contribution in [1.82, 2.24) is 25.3 Å². The number of likely N-dealkylation sites (N-methyl/N-ethyl adjacent to an activating group) is 3. The molecule has 1 aliphatic rings. The van der Waals surface area contributed by atoms with Crippen LogP contribution in [0.3, 0.4) is 0 Å². The highest BCUT2D eigenvalue weighted by Gasteiger charge is 2.38. The quantitative estimate of drug-likeness (QED) is 0.330. The van der Waals surface area contributed by atoms with E-state index in [0.29, 0.717) is 12.8 Å². The van der Waals surface area contributed by atoms with Crippen LogP contribution in [0.25, 0.3) is 0 Å². The number of carbonyl (C=O) groups excluding carboxylic acids is 7. The van der Waals surface area contributed by atoms with Crippen molar-refractivity contribution >= 4 is 41.5 Å². The number of esters is 2. The van der Waals surface area contributed by atoms with Crippen LogP contribution < -0.4 is 10.6 Å². The molecule has 0 saturated heterocycles. The van der Waals surface area contributed by atoms with Gasteiger partial charge in [0.2, 0.25) is 23.6 Å². The molecule has 0 unspecified atom stereocenters. The van der Waals surface area contributed by atoms with Gasteiger partial charge in [0.05, 0.1) is 6.54 Å². The van der Waals surface area contributed by atoms with E-state index >= 15 is 0 Å². The molecule has 2 N–H and O–H groups in total. The zero-order valence-corrected chi connectivity index (χ0v) is 38.2. The van der Waals surface area contributed by atoms with E-state index in [1.54, 1.807) is 32.9 Å². The van der Waals surface area contributed by atoms with Crippen molar-refractivity contribution in [1.29, 1.82) is 0 Å². The van der Waals surface area contributed by atoms with Gasteiger partial charge in [-0.3, -0.25) is 24.0 Å². The van der Waals surface area contributed by atoms with E-state index in [2.05, 4.69) is 10.6 Å². The van der Waals surface area contributed by atoms with Crippen molar-refractivity contribution in [3.8, 4) is 0 Å². The van der Waals surface area contributed by atoms with Gasteiger partial charge in [0.15, 0.2) is 6.10 Å². The van der Waals surface area contributed by atoms with Gasteiger partial charge in [-0.15, -0.1) is 0 Å². The van der Waals surface area contributed by atoms with E-state index in [-0.39, 0.29) is 29.7 Å². The summed E-state index contributed by atoms with van der Waals surface area (Å²) in [5.74, 6) is -5.28. The van der Waals surface area contributed by atoms with Crippen molar-refractivity contribution in [2.24, 2.45) is 23.7 Å². The molecule has 2 rings (SSSR count). The largest absolute Gasteiger partial charge is 0.460 e. The Morgan fingerprint density at radius 2 is 1.38 bits per heavy atom. The third kappa shape index (κ3) is 14.3. The van der Waals surface area contributed by atoms with Crippen LogP contribution in [0.1, 0.15) is 100 Å². The van der Waals surface area contributed by atoms with Crippen LogP contribution in [-0.4, -0.2) is 120 Å². The summed E-state index contributed by atoms with van der Waals surface area (Å²) in [5.41, 5.74) is 0.980. The SMILES string of the molecule is CCC[C@H](C)[C@H]1OC(=O)[C@H](C)N(C)C(=O)[C@H]([C@@H](C)CC)NC(=O)CN(C)C(=O)[C@@H](Cc2ccccc2)N(C)C(=O)[C@H](C)NC(=O)[C@@H]([C@@H](C)CC)OC(=O)/C(C)=C/C=C/[C@@H]1C. The Balaban J connectivity index is 2.67. The van der Waals surface area contributed by atoms with Crippen molar-refractivity contribution in [2.75, 3.05) is 27.7 Å². The highest BCUT2D eigenvalue weighted by Crippen LogP contribution is 2.25. The summed E-state index contributed by atoms with van der Waals surface area (Å²) in [6, 6.07) is 4.86. The van der Waals surface area contributed by atoms with E-state index in [9.17, 15) is 33.6 Å². The highest BCUT2D eigenvalue weighted by molar-refractivity contribution is 5.96. The van der Waals surface area contributed by atoms with Crippen LogP contribution >= 0.6 is 0 Å². The van der Waals surface area contributed by atoms with Gasteiger partial charge in [-0.25, -0.2) is 9.59 Å². The predicted molar refractivity (Wildman–Crippen MR) is 231 cm³/mol. The Morgan fingerprint density at radius 3 is 1.97 bits per heavy atom. The molecular weight excluding hydrogens is 767 g/mol. The minimum atomic E-state index is -1.22. The third-order valence-corrected chi connectivity index (χ3v) is 11.7. The lowest BCUT2D eigenvalue weighted by Gasteiger charge is -2.34. The molecule has 1 aromatic carbocycles. The third-order valence-electron chi connectivity index (χ3n) is 11.7. The number of hydrogen-bond acceptors (Lipinski definition) is 9. The molecule has 0 spiro atoms. The lowest BCUT2D eigenvalue weighted by atomic mass is 9.89. The topological polar surface area (TPSA) is 172 Å². The van der Waals surface area contributed by atoms with E-state index in [1.165, 1.54) is 42.8 Å². The Labute approximate surface area is 357 Å². The van der Waals surface area contributed by atoms with Crippen LogP contribution in [0, 0.1) is 23.7 Å². The monoisotopic (exact) mass is 838 g/mol. The molecule has 0 saturated carbocycles. The fraction of sp³-hybridized carbons (Fsp3) is 0.630. The molecule has 0 aromatic heterocycles. The molecular formula is C46H71N5O9. The molecule has 1 aliphatic heterocycles. The highest BCUT2D eigenvalue weighted by atomic mass is 16.6. The lowest BCUT2D eigenvalue weighted by molar-refractivity contribution is -0.163.